The highest BCUT2D eigenvalue weighted by atomic mass is 16.2. The summed E-state index contributed by atoms with van der Waals surface area (Å²) < 4.78 is 1.72. The van der Waals surface area contributed by atoms with Gasteiger partial charge in [-0.15, -0.1) is 0 Å². The summed E-state index contributed by atoms with van der Waals surface area (Å²) in [7, 11) is 2.11. The SMILES string of the molecule is CN1CCC[C@@H]1CCNC(=O)c1cn(Cc2ccccn2)cc(C(=O)NC2CCCCCCC2)c1=O. The highest BCUT2D eigenvalue weighted by Gasteiger charge is 2.23. The number of likely N-dealkylation sites (tertiary alicyclic amines) is 1. The molecule has 36 heavy (non-hydrogen) atoms. The van der Waals surface area contributed by atoms with Gasteiger partial charge in [0.15, 0.2) is 0 Å². The molecule has 1 aliphatic heterocycles. The van der Waals surface area contributed by atoms with E-state index in [1.807, 2.05) is 18.2 Å². The lowest BCUT2D eigenvalue weighted by Crippen LogP contribution is -2.40. The minimum atomic E-state index is -0.522. The average Bonchev–Trinajstić information content (AvgIpc) is 3.26. The second-order valence-electron chi connectivity index (χ2n) is 10.2. The fourth-order valence-electron chi connectivity index (χ4n) is 5.38. The number of nitrogens with zero attached hydrogens (tertiary/aromatic N) is 3. The van der Waals surface area contributed by atoms with E-state index in [0.717, 1.165) is 50.8 Å². The Morgan fingerprint density at radius 3 is 2.36 bits per heavy atom. The number of carbonyl (C=O) groups excluding carboxylic acids is 2. The van der Waals surface area contributed by atoms with Gasteiger partial charge in [-0.25, -0.2) is 0 Å². The molecule has 2 aromatic heterocycles. The van der Waals surface area contributed by atoms with Gasteiger partial charge in [0.05, 0.1) is 12.2 Å². The fraction of sp³-hybridized carbons (Fsp3) is 0.571. The molecule has 1 saturated heterocycles. The number of aromatic nitrogens is 2. The van der Waals surface area contributed by atoms with Gasteiger partial charge in [0.25, 0.3) is 11.8 Å². The molecule has 1 saturated carbocycles. The molecular formula is C28H39N5O3. The van der Waals surface area contributed by atoms with E-state index >= 15 is 0 Å². The van der Waals surface area contributed by atoms with Crippen molar-refractivity contribution >= 4 is 11.8 Å². The first-order valence-electron chi connectivity index (χ1n) is 13.4. The molecule has 0 bridgehead atoms. The standard InChI is InChI=1S/C28H39N5O3/c1-32-17-9-13-23(32)14-16-30-27(35)24-19-33(18-22-12-7-8-15-29-22)20-25(26(24)34)28(36)31-21-10-5-3-2-4-6-11-21/h7-8,12,15,19-21,23H,2-6,9-11,13-14,16-18H2,1H3,(H,30,35)(H,31,36)/t23-/m1/s1. The van der Waals surface area contributed by atoms with Crippen LogP contribution in [0.3, 0.4) is 0 Å². The van der Waals surface area contributed by atoms with Crippen LogP contribution in [0.5, 0.6) is 0 Å². The van der Waals surface area contributed by atoms with Crippen LogP contribution in [0.2, 0.25) is 0 Å². The zero-order valence-electron chi connectivity index (χ0n) is 21.4. The summed E-state index contributed by atoms with van der Waals surface area (Å²) in [6.07, 6.45) is 15.5. The fourth-order valence-corrected chi connectivity index (χ4v) is 5.38. The Hall–Kier alpha value is -3.00. The van der Waals surface area contributed by atoms with Crippen molar-refractivity contribution in [3.8, 4) is 0 Å². The molecule has 0 aromatic carbocycles. The Morgan fingerprint density at radius 2 is 1.69 bits per heavy atom. The van der Waals surface area contributed by atoms with Crippen LogP contribution in [-0.2, 0) is 6.54 Å². The maximum absolute atomic E-state index is 13.3. The maximum Gasteiger partial charge on any atom is 0.256 e. The second kappa shape index (κ2) is 12.8. The Labute approximate surface area is 213 Å². The van der Waals surface area contributed by atoms with Crippen LogP contribution in [0.25, 0.3) is 0 Å². The molecule has 8 nitrogen and oxygen atoms in total. The number of nitrogens with one attached hydrogen (secondary N) is 2. The van der Waals surface area contributed by atoms with Crippen molar-refractivity contribution < 1.29 is 9.59 Å². The van der Waals surface area contributed by atoms with Crippen LogP contribution in [0.1, 0.15) is 90.6 Å². The van der Waals surface area contributed by atoms with Gasteiger partial charge in [0, 0.05) is 37.2 Å². The molecule has 4 rings (SSSR count). The van der Waals surface area contributed by atoms with Gasteiger partial charge in [0.2, 0.25) is 5.43 Å². The summed E-state index contributed by atoms with van der Waals surface area (Å²) in [6, 6.07) is 6.11. The molecule has 194 valence electrons. The van der Waals surface area contributed by atoms with E-state index in [0.29, 0.717) is 19.1 Å². The van der Waals surface area contributed by atoms with E-state index in [-0.39, 0.29) is 17.2 Å². The van der Waals surface area contributed by atoms with Crippen molar-refractivity contribution in [1.29, 1.82) is 0 Å². The lowest BCUT2D eigenvalue weighted by atomic mass is 9.96. The molecular weight excluding hydrogens is 454 g/mol. The van der Waals surface area contributed by atoms with E-state index < -0.39 is 17.2 Å². The van der Waals surface area contributed by atoms with Gasteiger partial charge in [0.1, 0.15) is 11.1 Å². The summed E-state index contributed by atoms with van der Waals surface area (Å²) in [5.41, 5.74) is 0.265. The number of hydrogen-bond acceptors (Lipinski definition) is 5. The predicted octanol–water partition coefficient (Wildman–Crippen LogP) is 3.35. The highest BCUT2D eigenvalue weighted by Crippen LogP contribution is 2.18. The van der Waals surface area contributed by atoms with Gasteiger partial charge < -0.3 is 20.1 Å². The smallest absolute Gasteiger partial charge is 0.256 e. The third kappa shape index (κ3) is 7.03. The minimum absolute atomic E-state index is 0.00368. The number of pyridine rings is 2. The molecule has 2 fully saturated rings. The molecule has 3 heterocycles. The van der Waals surface area contributed by atoms with E-state index in [1.165, 1.54) is 25.7 Å². The lowest BCUT2D eigenvalue weighted by Gasteiger charge is -2.21. The Morgan fingerprint density at radius 1 is 0.972 bits per heavy atom. The van der Waals surface area contributed by atoms with Crippen molar-refractivity contribution in [2.45, 2.75) is 82.8 Å². The quantitative estimate of drug-likeness (QED) is 0.588. The number of hydrogen-bond donors (Lipinski definition) is 2. The van der Waals surface area contributed by atoms with Gasteiger partial charge in [-0.1, -0.05) is 38.2 Å². The molecule has 0 radical (unpaired) electrons. The monoisotopic (exact) mass is 493 g/mol. The van der Waals surface area contributed by atoms with Crippen LogP contribution in [0.15, 0.2) is 41.6 Å². The van der Waals surface area contributed by atoms with Crippen LogP contribution in [-0.4, -0.2) is 58.5 Å². The summed E-state index contributed by atoms with van der Waals surface area (Å²) in [5.74, 6) is -0.835. The van der Waals surface area contributed by atoms with E-state index in [4.69, 9.17) is 0 Å². The molecule has 2 aliphatic rings. The highest BCUT2D eigenvalue weighted by molar-refractivity contribution is 5.99. The van der Waals surface area contributed by atoms with Gasteiger partial charge in [-0.3, -0.25) is 19.4 Å². The number of carbonyl (C=O) groups is 2. The van der Waals surface area contributed by atoms with Crippen molar-refractivity contribution in [2.75, 3.05) is 20.1 Å². The van der Waals surface area contributed by atoms with Gasteiger partial charge >= 0.3 is 0 Å². The summed E-state index contributed by atoms with van der Waals surface area (Å²) in [6.45, 7) is 1.93. The largest absolute Gasteiger partial charge is 0.352 e. The summed E-state index contributed by atoms with van der Waals surface area (Å²) >= 11 is 0. The molecule has 2 aromatic rings. The number of amides is 2. The maximum atomic E-state index is 13.3. The summed E-state index contributed by atoms with van der Waals surface area (Å²) in [5, 5.41) is 6.00. The second-order valence-corrected chi connectivity index (χ2v) is 10.2. The predicted molar refractivity (Wildman–Crippen MR) is 140 cm³/mol. The molecule has 1 aliphatic carbocycles. The topological polar surface area (TPSA) is 96.3 Å². The molecule has 0 unspecified atom stereocenters. The van der Waals surface area contributed by atoms with Crippen LogP contribution < -0.4 is 16.1 Å². The van der Waals surface area contributed by atoms with Crippen molar-refractivity contribution in [2.24, 2.45) is 0 Å². The average molecular weight is 494 g/mol. The number of rotatable bonds is 8. The molecule has 1 atom stereocenters. The lowest BCUT2D eigenvalue weighted by molar-refractivity contribution is 0.0928. The van der Waals surface area contributed by atoms with Crippen molar-refractivity contribution in [1.82, 2.24) is 25.1 Å². The molecule has 8 heteroatoms. The Kier molecular flexibility index (Phi) is 9.28. The van der Waals surface area contributed by atoms with E-state index in [9.17, 15) is 14.4 Å². The minimum Gasteiger partial charge on any atom is -0.352 e. The molecule has 2 amide bonds. The normalized spacial score (nSPS) is 19.4. The van der Waals surface area contributed by atoms with Crippen molar-refractivity contribution in [3.63, 3.8) is 0 Å². The molecule has 0 spiro atoms. The van der Waals surface area contributed by atoms with Gasteiger partial charge in [-0.2, -0.15) is 0 Å². The Balaban J connectivity index is 1.53. The van der Waals surface area contributed by atoms with E-state index in [2.05, 4.69) is 27.6 Å². The first kappa shape index (κ1) is 26.1. The first-order valence-corrected chi connectivity index (χ1v) is 13.4. The van der Waals surface area contributed by atoms with E-state index in [1.54, 1.807) is 23.2 Å². The van der Waals surface area contributed by atoms with Crippen LogP contribution in [0, 0.1) is 0 Å². The molecule has 2 N–H and O–H groups in total. The Bertz CT molecular complexity index is 1080. The first-order chi connectivity index (χ1) is 17.5. The van der Waals surface area contributed by atoms with Crippen LogP contribution >= 0.6 is 0 Å². The summed E-state index contributed by atoms with van der Waals surface area (Å²) in [4.78, 5) is 46.3. The van der Waals surface area contributed by atoms with Crippen molar-refractivity contribution in [3.05, 3.63) is 63.8 Å². The third-order valence-electron chi connectivity index (χ3n) is 7.51. The van der Waals surface area contributed by atoms with Crippen LogP contribution in [0.4, 0.5) is 0 Å². The van der Waals surface area contributed by atoms with Gasteiger partial charge in [-0.05, 0) is 57.8 Å². The zero-order valence-corrected chi connectivity index (χ0v) is 21.4. The third-order valence-corrected chi connectivity index (χ3v) is 7.51. The zero-order chi connectivity index (χ0) is 25.3.